The quantitative estimate of drug-likeness (QED) is 0.814. The highest BCUT2D eigenvalue weighted by Crippen LogP contribution is 2.22. The van der Waals surface area contributed by atoms with Crippen molar-refractivity contribution >= 4 is 23.2 Å². The monoisotopic (exact) mass is 298 g/mol. The van der Waals surface area contributed by atoms with E-state index in [0.717, 1.165) is 11.3 Å². The van der Waals surface area contributed by atoms with E-state index < -0.39 is 0 Å². The Balaban J connectivity index is 2.63. The molecule has 0 radical (unpaired) electrons. The minimum Gasteiger partial charge on any atom is -0.396 e. The first kappa shape index (κ1) is 17.0. The summed E-state index contributed by atoms with van der Waals surface area (Å²) >= 11 is 6.03. The Bertz CT molecular complexity index is 449. The normalized spacial score (nSPS) is 11.2. The zero-order valence-electron chi connectivity index (χ0n) is 12.3. The van der Waals surface area contributed by atoms with Crippen molar-refractivity contribution < 1.29 is 9.90 Å². The molecule has 1 aromatic rings. The van der Waals surface area contributed by atoms with Crippen LogP contribution in [0.4, 0.5) is 5.69 Å². The summed E-state index contributed by atoms with van der Waals surface area (Å²) in [7, 11) is 0. The first-order valence-electron chi connectivity index (χ1n) is 6.85. The molecule has 0 spiro atoms. The number of benzene rings is 1. The molecule has 0 atom stereocenters. The minimum atomic E-state index is -0.0676. The summed E-state index contributed by atoms with van der Waals surface area (Å²) in [5, 5.41) is 12.4. The predicted molar refractivity (Wildman–Crippen MR) is 83.2 cm³/mol. The van der Waals surface area contributed by atoms with Crippen molar-refractivity contribution in [1.29, 1.82) is 0 Å². The third-order valence-electron chi connectivity index (χ3n) is 3.22. The van der Waals surface area contributed by atoms with Crippen molar-refractivity contribution in [3.8, 4) is 0 Å². The fourth-order valence-electron chi connectivity index (χ4n) is 1.91. The number of nitrogens with one attached hydrogen (secondary N) is 1. The second kappa shape index (κ2) is 8.25. The van der Waals surface area contributed by atoms with Crippen molar-refractivity contribution in [3.63, 3.8) is 0 Å². The third kappa shape index (κ3) is 5.12. The molecule has 0 unspecified atom stereocenters. The maximum absolute atomic E-state index is 12.1. The van der Waals surface area contributed by atoms with Gasteiger partial charge in [-0.3, -0.25) is 9.69 Å². The zero-order valence-corrected chi connectivity index (χ0v) is 13.1. The number of amides is 1. The minimum absolute atomic E-state index is 0.0676. The molecule has 1 amide bonds. The zero-order chi connectivity index (χ0) is 15.1. The second-order valence-corrected chi connectivity index (χ2v) is 5.51. The molecule has 4 nitrogen and oxygen atoms in total. The number of aliphatic hydroxyl groups is 1. The predicted octanol–water partition coefficient (Wildman–Crippen LogP) is 2.68. The van der Waals surface area contributed by atoms with Gasteiger partial charge in [0.05, 0.1) is 6.54 Å². The van der Waals surface area contributed by atoms with Crippen molar-refractivity contribution in [1.82, 2.24) is 4.90 Å². The number of carbonyl (C=O) groups is 1. The van der Waals surface area contributed by atoms with Gasteiger partial charge in [0, 0.05) is 29.9 Å². The Morgan fingerprint density at radius 3 is 2.75 bits per heavy atom. The van der Waals surface area contributed by atoms with Gasteiger partial charge in [-0.1, -0.05) is 17.7 Å². The van der Waals surface area contributed by atoms with Crippen molar-refractivity contribution in [3.05, 3.63) is 28.8 Å². The lowest BCUT2D eigenvalue weighted by Gasteiger charge is -2.25. The molecule has 0 aliphatic rings. The van der Waals surface area contributed by atoms with Crippen molar-refractivity contribution in [2.45, 2.75) is 33.2 Å². The number of carbonyl (C=O) groups excluding carboxylic acids is 1. The highest BCUT2D eigenvalue weighted by Gasteiger charge is 2.14. The molecule has 0 aliphatic carbocycles. The highest BCUT2D eigenvalue weighted by molar-refractivity contribution is 6.31. The van der Waals surface area contributed by atoms with Gasteiger partial charge in [0.15, 0.2) is 0 Å². The highest BCUT2D eigenvalue weighted by atomic mass is 35.5. The van der Waals surface area contributed by atoms with E-state index in [1.165, 1.54) is 0 Å². The molecule has 0 fully saturated rings. The van der Waals surface area contributed by atoms with Gasteiger partial charge >= 0.3 is 0 Å². The van der Waals surface area contributed by atoms with Crippen molar-refractivity contribution in [2.75, 3.05) is 25.0 Å². The van der Waals surface area contributed by atoms with Crippen LogP contribution in [0.1, 0.15) is 25.8 Å². The lowest BCUT2D eigenvalue weighted by Crippen LogP contribution is -2.39. The van der Waals surface area contributed by atoms with E-state index in [1.807, 2.05) is 37.8 Å². The van der Waals surface area contributed by atoms with Crippen LogP contribution in [0, 0.1) is 6.92 Å². The molecule has 1 rings (SSSR count). The summed E-state index contributed by atoms with van der Waals surface area (Å²) in [6.07, 6.45) is 0.668. The molecule has 0 aliphatic heterocycles. The standard InChI is InChI=1S/C15H23ClN2O2/c1-11(2)18(8-5-9-19)10-15(20)17-14-7-4-6-13(16)12(14)3/h4,6-7,11,19H,5,8-10H2,1-3H3,(H,17,20). The van der Waals surface area contributed by atoms with Gasteiger partial charge in [0.2, 0.25) is 5.91 Å². The van der Waals surface area contributed by atoms with Gasteiger partial charge in [-0.15, -0.1) is 0 Å². The average Bonchev–Trinajstić information content (AvgIpc) is 2.39. The Morgan fingerprint density at radius 2 is 2.15 bits per heavy atom. The fraction of sp³-hybridized carbons (Fsp3) is 0.533. The van der Waals surface area contributed by atoms with Gasteiger partial charge < -0.3 is 10.4 Å². The van der Waals surface area contributed by atoms with Gasteiger partial charge in [0.1, 0.15) is 0 Å². The first-order valence-corrected chi connectivity index (χ1v) is 7.23. The number of anilines is 1. The lowest BCUT2D eigenvalue weighted by atomic mass is 10.2. The number of aliphatic hydroxyl groups excluding tert-OH is 1. The summed E-state index contributed by atoms with van der Waals surface area (Å²) in [5.74, 6) is -0.0676. The van der Waals surface area contributed by atoms with E-state index in [9.17, 15) is 4.79 Å². The van der Waals surface area contributed by atoms with Gasteiger partial charge in [-0.2, -0.15) is 0 Å². The van der Waals surface area contributed by atoms with E-state index in [-0.39, 0.29) is 18.6 Å². The number of nitrogens with zero attached hydrogens (tertiary/aromatic N) is 1. The van der Waals surface area contributed by atoms with Crippen LogP contribution in [0.15, 0.2) is 18.2 Å². The fourth-order valence-corrected chi connectivity index (χ4v) is 2.09. The third-order valence-corrected chi connectivity index (χ3v) is 3.63. The Hall–Kier alpha value is -1.10. The van der Waals surface area contributed by atoms with Crippen LogP contribution in [0.3, 0.4) is 0 Å². The molecule has 20 heavy (non-hydrogen) atoms. The Labute approximate surface area is 125 Å². The molecule has 1 aromatic carbocycles. The maximum Gasteiger partial charge on any atom is 0.238 e. The molecule has 0 saturated carbocycles. The number of halogens is 1. The van der Waals surface area contributed by atoms with Crippen LogP contribution in [-0.4, -0.2) is 41.7 Å². The SMILES string of the molecule is Cc1c(Cl)cccc1NC(=O)CN(CCCO)C(C)C. The van der Waals surface area contributed by atoms with Crippen molar-refractivity contribution in [2.24, 2.45) is 0 Å². The molecule has 0 bridgehead atoms. The van der Waals surface area contributed by atoms with Crippen LogP contribution >= 0.6 is 11.6 Å². The summed E-state index contributed by atoms with van der Waals surface area (Å²) < 4.78 is 0. The van der Waals surface area contributed by atoms with E-state index in [4.69, 9.17) is 16.7 Å². The molecule has 112 valence electrons. The summed E-state index contributed by atoms with van der Waals surface area (Å²) in [6, 6.07) is 5.71. The average molecular weight is 299 g/mol. The molecular formula is C15H23ClN2O2. The number of rotatable bonds is 7. The van der Waals surface area contributed by atoms with Crippen LogP contribution in [0.25, 0.3) is 0 Å². The van der Waals surface area contributed by atoms with E-state index in [2.05, 4.69) is 5.32 Å². The molecule has 5 heteroatoms. The Kier molecular flexibility index (Phi) is 6.99. The van der Waals surface area contributed by atoms with Gasteiger partial charge in [-0.25, -0.2) is 0 Å². The van der Waals surface area contributed by atoms with Crippen LogP contribution in [0.5, 0.6) is 0 Å². The molecule has 0 aromatic heterocycles. The molecule has 2 N–H and O–H groups in total. The maximum atomic E-state index is 12.1. The second-order valence-electron chi connectivity index (χ2n) is 5.10. The number of hydrogen-bond acceptors (Lipinski definition) is 3. The van der Waals surface area contributed by atoms with Crippen LogP contribution < -0.4 is 5.32 Å². The molecular weight excluding hydrogens is 276 g/mol. The largest absolute Gasteiger partial charge is 0.396 e. The van der Waals surface area contributed by atoms with Crippen LogP contribution in [0.2, 0.25) is 5.02 Å². The summed E-state index contributed by atoms with van der Waals surface area (Å²) in [4.78, 5) is 14.1. The summed E-state index contributed by atoms with van der Waals surface area (Å²) in [5.41, 5.74) is 1.61. The molecule has 0 saturated heterocycles. The van der Waals surface area contributed by atoms with Crippen LogP contribution in [-0.2, 0) is 4.79 Å². The summed E-state index contributed by atoms with van der Waals surface area (Å²) in [6.45, 7) is 7.10. The van der Waals surface area contributed by atoms with E-state index in [1.54, 1.807) is 6.07 Å². The number of hydrogen-bond donors (Lipinski definition) is 2. The van der Waals surface area contributed by atoms with Gasteiger partial charge in [-0.05, 0) is 44.9 Å². The van der Waals surface area contributed by atoms with E-state index >= 15 is 0 Å². The first-order chi connectivity index (χ1) is 9.45. The Morgan fingerprint density at radius 1 is 1.45 bits per heavy atom. The molecule has 0 heterocycles. The topological polar surface area (TPSA) is 52.6 Å². The lowest BCUT2D eigenvalue weighted by molar-refractivity contribution is -0.117. The van der Waals surface area contributed by atoms with Gasteiger partial charge in [0.25, 0.3) is 0 Å². The van der Waals surface area contributed by atoms with E-state index in [0.29, 0.717) is 24.5 Å². The smallest absolute Gasteiger partial charge is 0.238 e.